The first kappa shape index (κ1) is 25.9. The van der Waals surface area contributed by atoms with Crippen LogP contribution in [0.15, 0.2) is 0 Å². The third kappa shape index (κ3) is 6.20. The van der Waals surface area contributed by atoms with Crippen LogP contribution in [-0.2, 0) is 28.7 Å². The molecule has 1 aliphatic rings. The van der Waals surface area contributed by atoms with Crippen molar-refractivity contribution >= 4 is 29.7 Å². The van der Waals surface area contributed by atoms with Gasteiger partial charge in [0.05, 0.1) is 12.3 Å². The summed E-state index contributed by atoms with van der Waals surface area (Å²) in [6, 6.07) is 0. The topological polar surface area (TPSA) is 123 Å². The zero-order valence-corrected chi connectivity index (χ0v) is 18.7. The van der Waals surface area contributed by atoms with Crippen molar-refractivity contribution in [1.29, 1.82) is 5.41 Å². The molecule has 1 unspecified atom stereocenters. The number of Topliss-reactive ketones (excluding diaryl/α,β-unsaturated/α-hetero) is 2. The highest BCUT2D eigenvalue weighted by Gasteiger charge is 2.53. The molecule has 8 nitrogen and oxygen atoms in total. The molecule has 0 radical (unpaired) electrons. The summed E-state index contributed by atoms with van der Waals surface area (Å²) in [5.74, 6) is -1.79. The lowest BCUT2D eigenvalue weighted by atomic mass is 9.75. The predicted molar refractivity (Wildman–Crippen MR) is 112 cm³/mol. The maximum Gasteiger partial charge on any atom is 0.315 e. The molecule has 0 saturated carbocycles. The zero-order valence-electron chi connectivity index (χ0n) is 18.7. The number of carbonyl (C=O) groups excluding carboxylic acids is 4. The Morgan fingerprint density at radius 2 is 1.87 bits per heavy atom. The van der Waals surface area contributed by atoms with Crippen molar-refractivity contribution in [2.24, 2.45) is 5.92 Å². The van der Waals surface area contributed by atoms with E-state index < -0.39 is 23.0 Å². The maximum absolute atomic E-state index is 13.0. The Hall–Kier alpha value is -2.09. The van der Waals surface area contributed by atoms with Gasteiger partial charge in [-0.3, -0.25) is 19.2 Å². The molecule has 0 amide bonds. The van der Waals surface area contributed by atoms with E-state index in [-0.39, 0.29) is 36.7 Å². The van der Waals surface area contributed by atoms with Gasteiger partial charge in [0.25, 0.3) is 6.47 Å². The van der Waals surface area contributed by atoms with Crippen molar-refractivity contribution in [2.75, 3.05) is 13.2 Å². The number of esters is 1. The van der Waals surface area contributed by atoms with Gasteiger partial charge in [0, 0.05) is 12.8 Å². The highest BCUT2D eigenvalue weighted by atomic mass is 16.5. The van der Waals surface area contributed by atoms with E-state index in [0.29, 0.717) is 45.1 Å². The Balaban J connectivity index is 2.57. The number of rotatable bonds is 15. The van der Waals surface area contributed by atoms with Crippen LogP contribution in [0.5, 0.6) is 0 Å². The van der Waals surface area contributed by atoms with Gasteiger partial charge in [-0.15, -0.1) is 0 Å². The van der Waals surface area contributed by atoms with Crippen LogP contribution < -0.4 is 5.32 Å². The smallest absolute Gasteiger partial charge is 0.315 e. The average Bonchev–Trinajstić information content (AvgIpc) is 3.21. The lowest BCUT2D eigenvalue weighted by Crippen LogP contribution is -2.63. The summed E-state index contributed by atoms with van der Waals surface area (Å²) in [5.41, 5.74) is -2.10. The molecule has 0 aromatic heterocycles. The number of carbonyl (C=O) groups is 4. The summed E-state index contributed by atoms with van der Waals surface area (Å²) in [5, 5.41) is 11.3. The highest BCUT2D eigenvalue weighted by molar-refractivity contribution is 6.42. The first-order valence-corrected chi connectivity index (χ1v) is 10.8. The molecule has 30 heavy (non-hydrogen) atoms. The average molecular weight is 425 g/mol. The Labute approximate surface area is 179 Å². The van der Waals surface area contributed by atoms with Gasteiger partial charge in [0.15, 0.2) is 11.6 Å². The van der Waals surface area contributed by atoms with Crippen LogP contribution >= 0.6 is 0 Å². The lowest BCUT2D eigenvalue weighted by Gasteiger charge is -2.41. The van der Waals surface area contributed by atoms with Crippen LogP contribution in [0, 0.1) is 11.3 Å². The largest absolute Gasteiger partial charge is 0.465 e. The van der Waals surface area contributed by atoms with E-state index in [1.54, 1.807) is 20.8 Å². The van der Waals surface area contributed by atoms with E-state index in [4.69, 9.17) is 14.9 Å². The number of ether oxygens (including phenoxy) is 2. The summed E-state index contributed by atoms with van der Waals surface area (Å²) in [4.78, 5) is 48.2. The number of hydrogen-bond donors (Lipinski definition) is 2. The molecular formula is C22H36N2O6. The monoisotopic (exact) mass is 424 g/mol. The molecule has 0 aromatic rings. The third-order valence-electron chi connectivity index (χ3n) is 5.85. The second-order valence-electron chi connectivity index (χ2n) is 8.26. The van der Waals surface area contributed by atoms with Gasteiger partial charge in [-0.25, -0.2) is 0 Å². The fourth-order valence-electron chi connectivity index (χ4n) is 3.96. The number of ketones is 2. The molecule has 2 atom stereocenters. The van der Waals surface area contributed by atoms with E-state index in [9.17, 15) is 19.2 Å². The van der Waals surface area contributed by atoms with Crippen molar-refractivity contribution in [2.45, 2.75) is 90.2 Å². The summed E-state index contributed by atoms with van der Waals surface area (Å²) < 4.78 is 10.3. The summed E-state index contributed by atoms with van der Waals surface area (Å²) in [6.07, 6.45) is 3.71. The van der Waals surface area contributed by atoms with Crippen molar-refractivity contribution in [3.05, 3.63) is 0 Å². The lowest BCUT2D eigenvalue weighted by molar-refractivity contribution is -0.154. The Morgan fingerprint density at radius 1 is 1.20 bits per heavy atom. The standard InChI is InChI=1S/C22H36N2O6/c1-5-14-29-20(28)16(6-2)19(23)17(26)10-7-8-11-18(27)22(12-9-13-24-22)21(3,4)30-15-25/h15-16,23-24H,5-14H2,1-4H3/t16-,22?/m1/s1. The second kappa shape index (κ2) is 11.9. The molecule has 0 aliphatic carbocycles. The second-order valence-corrected chi connectivity index (χ2v) is 8.26. The van der Waals surface area contributed by atoms with Gasteiger partial charge in [-0.1, -0.05) is 13.8 Å². The summed E-state index contributed by atoms with van der Waals surface area (Å²) >= 11 is 0. The fourth-order valence-corrected chi connectivity index (χ4v) is 3.96. The minimum atomic E-state index is -0.965. The van der Waals surface area contributed by atoms with E-state index >= 15 is 0 Å². The van der Waals surface area contributed by atoms with Crippen molar-refractivity contribution < 1.29 is 28.7 Å². The van der Waals surface area contributed by atoms with Gasteiger partial charge in [-0.05, 0) is 58.9 Å². The zero-order chi connectivity index (χ0) is 22.8. The maximum atomic E-state index is 13.0. The summed E-state index contributed by atoms with van der Waals surface area (Å²) in [6.45, 7) is 8.41. The Morgan fingerprint density at radius 3 is 2.40 bits per heavy atom. The normalized spacial score (nSPS) is 19.7. The van der Waals surface area contributed by atoms with Crippen LogP contribution in [0.25, 0.3) is 0 Å². The van der Waals surface area contributed by atoms with Crippen LogP contribution in [0.2, 0.25) is 0 Å². The van der Waals surface area contributed by atoms with Gasteiger partial charge < -0.3 is 20.2 Å². The summed E-state index contributed by atoms with van der Waals surface area (Å²) in [7, 11) is 0. The van der Waals surface area contributed by atoms with Crippen molar-refractivity contribution in [1.82, 2.24) is 5.32 Å². The van der Waals surface area contributed by atoms with Crippen LogP contribution in [-0.4, -0.2) is 54.0 Å². The van der Waals surface area contributed by atoms with Crippen molar-refractivity contribution in [3.63, 3.8) is 0 Å². The molecule has 1 fully saturated rings. The molecule has 1 rings (SSSR count). The van der Waals surface area contributed by atoms with Crippen molar-refractivity contribution in [3.8, 4) is 0 Å². The molecule has 1 heterocycles. The van der Waals surface area contributed by atoms with Crippen LogP contribution in [0.3, 0.4) is 0 Å². The molecule has 0 bridgehead atoms. The molecule has 1 saturated heterocycles. The van der Waals surface area contributed by atoms with Gasteiger partial charge in [0.1, 0.15) is 17.1 Å². The first-order chi connectivity index (χ1) is 14.2. The molecule has 8 heteroatoms. The quantitative estimate of drug-likeness (QED) is 0.179. The molecule has 170 valence electrons. The number of hydrogen-bond acceptors (Lipinski definition) is 8. The highest BCUT2D eigenvalue weighted by Crippen LogP contribution is 2.35. The van der Waals surface area contributed by atoms with Gasteiger partial charge in [-0.2, -0.15) is 0 Å². The Kier molecular flexibility index (Phi) is 10.3. The van der Waals surface area contributed by atoms with E-state index in [1.165, 1.54) is 0 Å². The molecule has 2 N–H and O–H groups in total. The van der Waals surface area contributed by atoms with E-state index in [1.807, 2.05) is 6.92 Å². The van der Waals surface area contributed by atoms with Gasteiger partial charge in [0.2, 0.25) is 0 Å². The number of nitrogens with one attached hydrogen (secondary N) is 2. The SMILES string of the molecule is CCCOC(=O)[C@H](CC)C(=N)C(=O)CCCCC(=O)C1(C(C)(C)OC=O)CCCN1. The minimum absolute atomic E-state index is 0.0380. The minimum Gasteiger partial charge on any atom is -0.465 e. The molecule has 0 aromatic carbocycles. The van der Waals surface area contributed by atoms with Crippen LogP contribution in [0.4, 0.5) is 0 Å². The molecule has 1 aliphatic heterocycles. The predicted octanol–water partition coefficient (Wildman–Crippen LogP) is 2.76. The molecular weight excluding hydrogens is 388 g/mol. The molecule has 0 spiro atoms. The Bertz CT molecular complexity index is 638. The first-order valence-electron chi connectivity index (χ1n) is 10.8. The van der Waals surface area contributed by atoms with Crippen LogP contribution in [0.1, 0.15) is 79.1 Å². The van der Waals surface area contributed by atoms with E-state index in [2.05, 4.69) is 5.32 Å². The van der Waals surface area contributed by atoms with Gasteiger partial charge >= 0.3 is 5.97 Å². The number of unbranched alkanes of at least 4 members (excludes halogenated alkanes) is 1. The third-order valence-corrected chi connectivity index (χ3v) is 5.85. The fraction of sp³-hybridized carbons (Fsp3) is 0.773. The van der Waals surface area contributed by atoms with E-state index in [0.717, 1.165) is 6.42 Å².